The molecule has 5 aliphatic heterocycles. The van der Waals surface area contributed by atoms with E-state index in [1.807, 2.05) is 0 Å². The summed E-state index contributed by atoms with van der Waals surface area (Å²) in [5.41, 5.74) is 1.47. The lowest BCUT2D eigenvalue weighted by molar-refractivity contribution is -0.389. The van der Waals surface area contributed by atoms with Crippen molar-refractivity contribution in [1.29, 1.82) is 0 Å². The minimum atomic E-state index is -1.74. The van der Waals surface area contributed by atoms with Crippen LogP contribution in [0, 0.1) is 46.3 Å². The van der Waals surface area contributed by atoms with Gasteiger partial charge in [-0.3, -0.25) is 4.79 Å². The van der Waals surface area contributed by atoms with Crippen molar-refractivity contribution in [3.63, 3.8) is 0 Å². The number of aliphatic hydroxyl groups excluding tert-OH is 7. The molecule has 1 aromatic rings. The van der Waals surface area contributed by atoms with Gasteiger partial charge >= 0.3 is 0 Å². The van der Waals surface area contributed by atoms with Crippen molar-refractivity contribution in [1.82, 2.24) is 5.32 Å². The van der Waals surface area contributed by atoms with Gasteiger partial charge < -0.3 is 88.4 Å². The summed E-state index contributed by atoms with van der Waals surface area (Å²) in [7, 11) is 0. The number of hydrogen-bond acceptors (Lipinski definition) is 18. The first-order valence-corrected chi connectivity index (χ1v) is 28.0. The van der Waals surface area contributed by atoms with Crippen LogP contribution in [0.25, 0.3) is 0 Å². The Morgan fingerprint density at radius 2 is 1.49 bits per heavy atom. The van der Waals surface area contributed by atoms with Gasteiger partial charge in [-0.15, -0.1) is 0 Å². The molecule has 8 fully saturated rings. The lowest BCUT2D eigenvalue weighted by Gasteiger charge is -2.58. The van der Waals surface area contributed by atoms with Crippen LogP contribution in [-0.4, -0.2) is 185 Å². The predicted molar refractivity (Wildman–Crippen MR) is 266 cm³/mol. The topological polar surface area (TPSA) is 263 Å². The van der Waals surface area contributed by atoms with Crippen LogP contribution in [0.1, 0.15) is 99.3 Å². The molecule has 75 heavy (non-hydrogen) atoms. The van der Waals surface area contributed by atoms with E-state index >= 15 is 0 Å². The van der Waals surface area contributed by atoms with Gasteiger partial charge in [0.05, 0.1) is 44.2 Å². The zero-order chi connectivity index (χ0) is 53.3. The number of amides is 1. The normalized spacial score (nSPS) is 49.5. The molecule has 20 heteroatoms. The number of aliphatic hydroxyl groups is 7. The summed E-state index contributed by atoms with van der Waals surface area (Å²) in [5.74, 6) is 2.58. The third-order valence-corrected chi connectivity index (χ3v) is 19.8. The van der Waals surface area contributed by atoms with E-state index in [9.17, 15) is 40.5 Å². The number of hydrogen-bond donors (Lipinski definition) is 8. The molecule has 0 bridgehead atoms. The largest absolute Gasteiger partial charge is 0.484 e. The van der Waals surface area contributed by atoms with Crippen LogP contribution in [-0.2, 0) is 47.4 Å². The van der Waals surface area contributed by atoms with Crippen LogP contribution in [0.5, 0.6) is 5.75 Å². The van der Waals surface area contributed by atoms with Crippen LogP contribution >= 0.6 is 11.6 Å². The van der Waals surface area contributed by atoms with Crippen LogP contribution in [0.2, 0.25) is 5.02 Å². The fourth-order valence-corrected chi connectivity index (χ4v) is 15.4. The first-order valence-electron chi connectivity index (χ1n) is 27.6. The monoisotopic (exact) mass is 1080 g/mol. The van der Waals surface area contributed by atoms with Gasteiger partial charge in [-0.2, -0.15) is 0 Å². The van der Waals surface area contributed by atoms with Gasteiger partial charge in [0.25, 0.3) is 5.91 Å². The summed E-state index contributed by atoms with van der Waals surface area (Å²) in [6, 6.07) is 6.57. The quantitative estimate of drug-likeness (QED) is 0.0983. The Bertz CT molecular complexity index is 2150. The molecule has 1 spiro atoms. The Kier molecular flexibility index (Phi) is 16.8. The first kappa shape index (κ1) is 56.2. The highest BCUT2D eigenvalue weighted by Crippen LogP contribution is 2.71. The maximum absolute atomic E-state index is 12.4. The number of benzene rings is 1. The molecule has 422 valence electrons. The molecule has 0 unspecified atom stereocenters. The molecule has 9 aliphatic rings. The molecule has 3 saturated carbocycles. The molecule has 10 rings (SSSR count). The smallest absolute Gasteiger partial charge is 0.258 e. The number of carbonyl (C=O) groups excluding carboxylic acids is 1. The molecular formula is C55H82ClNO18. The molecule has 19 nitrogen and oxygen atoms in total. The zero-order valence-corrected chi connectivity index (χ0v) is 44.8. The van der Waals surface area contributed by atoms with E-state index in [4.69, 9.17) is 59.0 Å². The van der Waals surface area contributed by atoms with Crippen molar-refractivity contribution in [2.75, 3.05) is 33.0 Å². The van der Waals surface area contributed by atoms with Crippen molar-refractivity contribution < 1.29 is 87.9 Å². The van der Waals surface area contributed by atoms with E-state index in [-0.39, 0.29) is 42.8 Å². The molecule has 26 atom stereocenters. The minimum Gasteiger partial charge on any atom is -0.484 e. The van der Waals surface area contributed by atoms with Crippen molar-refractivity contribution in [3.05, 3.63) is 40.9 Å². The minimum absolute atomic E-state index is 0.0441. The van der Waals surface area contributed by atoms with Crippen LogP contribution in [0.15, 0.2) is 35.9 Å². The van der Waals surface area contributed by atoms with Gasteiger partial charge in [-0.1, -0.05) is 50.9 Å². The summed E-state index contributed by atoms with van der Waals surface area (Å²) in [6.45, 7) is 12.6. The van der Waals surface area contributed by atoms with Gasteiger partial charge in [0.15, 0.2) is 31.3 Å². The molecule has 5 saturated heterocycles. The second kappa shape index (κ2) is 22.4. The third kappa shape index (κ3) is 10.6. The Labute approximate surface area is 444 Å². The fraction of sp³-hybridized carbons (Fsp3) is 0.836. The summed E-state index contributed by atoms with van der Waals surface area (Å²) >= 11 is 5.91. The summed E-state index contributed by atoms with van der Waals surface area (Å²) < 4.78 is 62.4. The molecule has 5 heterocycles. The average Bonchev–Trinajstić information content (AvgIpc) is 3.89. The highest BCUT2D eigenvalue weighted by molar-refractivity contribution is 6.30. The highest BCUT2D eigenvalue weighted by Gasteiger charge is 2.69. The standard InChI is InChI=1S/C55H82ClNO18/c1-26-13-18-55(68-24-26)27(2)40-37(75-55)22-36-34-12-7-30-21-33(14-16-53(30,5)35(34)15-17-54(36,40)6)71-52-49(74-50-44(63)42(61)41(60)28(3)69-50)46(65)48(38(23-58)72-52)73-51-45(64)43(62)47(29(4)70-51)66-20-19-57-39(59)25-67-32-10-8-31(56)9-11-32/h7-11,26-29,33-38,40-52,58,60-65H,12-25H2,1-6H3,(H,57,59)/t26-,27+,28-,29-,33+,34-,35+,36+,37+,38-,40+,41-,42+,43-,44+,45+,46+,47-,48-,49-,50-,51-,52-,53+,54+,55-/m1/s1. The van der Waals surface area contributed by atoms with Crippen molar-refractivity contribution in [2.24, 2.45) is 46.3 Å². The zero-order valence-electron chi connectivity index (χ0n) is 44.1. The Morgan fingerprint density at radius 1 is 0.773 bits per heavy atom. The fourth-order valence-electron chi connectivity index (χ4n) is 15.3. The second-order valence-electron chi connectivity index (χ2n) is 24.0. The SMILES string of the molecule is C[C@@H]1CC[C@@]2(OC1)O[C@H]1C[C@H]3[C@@H]4CC=C5C[C@@H](O[C@@H]6O[C@H](CO)[C@@H](O[C@H]7O[C@H](C)[C@@H](OCCNC(=O)COc8ccc(Cl)cc8)[C@H](O)[C@@H]7O)[C@H](O)[C@H]6O[C@H]6O[C@H](C)[C@@H](O)[C@H](O)[C@@H]6O)CC[C@]5(C)[C@H]4CC[C@]3(C)[C@H]1[C@@H]2C. The average molecular weight is 1080 g/mol. The summed E-state index contributed by atoms with van der Waals surface area (Å²) in [6.07, 6.45) is -10.5. The Morgan fingerprint density at radius 3 is 2.21 bits per heavy atom. The molecule has 8 N–H and O–H groups in total. The number of allylic oxidation sites excluding steroid dienone is 1. The number of nitrogens with one attached hydrogen (secondary N) is 1. The molecule has 0 radical (unpaired) electrons. The number of fused-ring (bicyclic) bond motifs is 7. The number of ether oxygens (including phenoxy) is 10. The molecule has 0 aromatic heterocycles. The van der Waals surface area contributed by atoms with Crippen LogP contribution < -0.4 is 10.1 Å². The van der Waals surface area contributed by atoms with Gasteiger partial charge in [0.1, 0.15) is 66.8 Å². The van der Waals surface area contributed by atoms with Crippen molar-refractivity contribution in [3.8, 4) is 5.75 Å². The molecule has 1 amide bonds. The van der Waals surface area contributed by atoms with E-state index in [0.717, 1.165) is 51.6 Å². The van der Waals surface area contributed by atoms with Crippen LogP contribution in [0.3, 0.4) is 0 Å². The molecular weight excluding hydrogens is 998 g/mol. The number of carbonyl (C=O) groups is 1. The van der Waals surface area contributed by atoms with E-state index in [2.05, 4.69) is 39.1 Å². The Balaban J connectivity index is 0.788. The maximum Gasteiger partial charge on any atom is 0.258 e. The molecule has 4 aliphatic carbocycles. The van der Waals surface area contributed by atoms with Gasteiger partial charge in [0.2, 0.25) is 0 Å². The van der Waals surface area contributed by atoms with E-state index in [0.29, 0.717) is 59.1 Å². The van der Waals surface area contributed by atoms with Crippen molar-refractivity contribution >= 4 is 17.5 Å². The lowest BCUT2D eigenvalue weighted by atomic mass is 9.47. The summed E-state index contributed by atoms with van der Waals surface area (Å²) in [5, 5.41) is 81.3. The van der Waals surface area contributed by atoms with E-state index in [1.54, 1.807) is 31.2 Å². The van der Waals surface area contributed by atoms with Crippen LogP contribution in [0.4, 0.5) is 0 Å². The van der Waals surface area contributed by atoms with E-state index < -0.39 is 110 Å². The predicted octanol–water partition coefficient (Wildman–Crippen LogP) is 3.11. The van der Waals surface area contributed by atoms with E-state index in [1.165, 1.54) is 12.5 Å². The van der Waals surface area contributed by atoms with Gasteiger partial charge in [0, 0.05) is 23.9 Å². The molecule has 1 aromatic carbocycles. The number of halogens is 1. The van der Waals surface area contributed by atoms with Crippen molar-refractivity contribution in [2.45, 2.75) is 209 Å². The highest BCUT2D eigenvalue weighted by atomic mass is 35.5. The van der Waals surface area contributed by atoms with Gasteiger partial charge in [-0.25, -0.2) is 0 Å². The first-order chi connectivity index (χ1) is 35.7. The Hall–Kier alpha value is -2.12. The summed E-state index contributed by atoms with van der Waals surface area (Å²) in [4.78, 5) is 12.4. The second-order valence-corrected chi connectivity index (χ2v) is 24.4. The maximum atomic E-state index is 12.4. The lowest BCUT2D eigenvalue weighted by Crippen LogP contribution is -2.66. The third-order valence-electron chi connectivity index (χ3n) is 19.5. The number of rotatable bonds is 14. The van der Waals surface area contributed by atoms with Gasteiger partial charge in [-0.05, 0) is 130 Å².